The molecule has 3 heterocycles. The molecule has 2 aliphatic heterocycles. The first-order valence-electron chi connectivity index (χ1n) is 8.84. The third kappa shape index (κ3) is 4.22. The van der Waals surface area contributed by atoms with Gasteiger partial charge in [0.05, 0.1) is 11.4 Å². The van der Waals surface area contributed by atoms with Crippen LogP contribution < -0.4 is 5.32 Å². The lowest BCUT2D eigenvalue weighted by atomic mass is 10.1. The second kappa shape index (κ2) is 7.30. The normalized spacial score (nSPS) is 22.3. The highest BCUT2D eigenvalue weighted by atomic mass is 16.2. The minimum atomic E-state index is 0.0138. The van der Waals surface area contributed by atoms with E-state index in [1.165, 1.54) is 32.4 Å². The first kappa shape index (κ1) is 16.2. The zero-order chi connectivity index (χ0) is 16.2. The molecule has 0 bridgehead atoms. The van der Waals surface area contributed by atoms with Crippen molar-refractivity contribution in [1.29, 1.82) is 0 Å². The summed E-state index contributed by atoms with van der Waals surface area (Å²) in [5.41, 5.74) is 2.67. The van der Waals surface area contributed by atoms with Crippen LogP contribution in [0, 0.1) is 19.8 Å². The van der Waals surface area contributed by atoms with Crippen LogP contribution >= 0.6 is 0 Å². The quantitative estimate of drug-likeness (QED) is 0.932. The number of hydrogen-bond acceptors (Lipinski definition) is 3. The fraction of sp³-hybridized carbons (Fsp3) is 0.667. The van der Waals surface area contributed by atoms with Crippen molar-refractivity contribution in [2.75, 3.05) is 38.0 Å². The first-order chi connectivity index (χ1) is 11.1. The number of nitrogens with one attached hydrogen (secondary N) is 1. The lowest BCUT2D eigenvalue weighted by molar-refractivity contribution is 0.192. The third-order valence-corrected chi connectivity index (χ3v) is 5.00. The molecule has 5 nitrogen and oxygen atoms in total. The average Bonchev–Trinajstić information content (AvgIpc) is 3.00. The number of carbonyl (C=O) groups excluding carboxylic acids is 1. The zero-order valence-electron chi connectivity index (χ0n) is 14.3. The van der Waals surface area contributed by atoms with Crippen LogP contribution in [0.3, 0.4) is 0 Å². The van der Waals surface area contributed by atoms with Crippen molar-refractivity contribution in [2.45, 2.75) is 39.5 Å². The third-order valence-electron chi connectivity index (χ3n) is 5.00. The van der Waals surface area contributed by atoms with Crippen molar-refractivity contribution in [3.63, 3.8) is 0 Å². The van der Waals surface area contributed by atoms with E-state index in [4.69, 9.17) is 0 Å². The number of hydrogen-bond donors (Lipinski definition) is 1. The number of aromatic nitrogens is 1. The van der Waals surface area contributed by atoms with Gasteiger partial charge in [0.15, 0.2) is 0 Å². The van der Waals surface area contributed by atoms with Crippen molar-refractivity contribution in [3.8, 4) is 0 Å². The van der Waals surface area contributed by atoms with Crippen LogP contribution in [0.25, 0.3) is 0 Å². The number of rotatable bonds is 3. The summed E-state index contributed by atoms with van der Waals surface area (Å²) in [4.78, 5) is 21.4. The largest absolute Gasteiger partial charge is 0.324 e. The van der Waals surface area contributed by atoms with Crippen LogP contribution in [0.1, 0.15) is 37.1 Å². The van der Waals surface area contributed by atoms with E-state index >= 15 is 0 Å². The van der Waals surface area contributed by atoms with Crippen LogP contribution in [0.15, 0.2) is 12.1 Å². The monoisotopic (exact) mass is 316 g/mol. The molecule has 2 fully saturated rings. The van der Waals surface area contributed by atoms with Crippen LogP contribution in [0.4, 0.5) is 10.5 Å². The molecule has 126 valence electrons. The summed E-state index contributed by atoms with van der Waals surface area (Å²) in [5, 5.41) is 3.01. The van der Waals surface area contributed by atoms with Gasteiger partial charge in [-0.15, -0.1) is 0 Å². The number of nitrogens with zero attached hydrogens (tertiary/aromatic N) is 3. The van der Waals surface area contributed by atoms with Crippen LogP contribution in [-0.4, -0.2) is 53.5 Å². The van der Waals surface area contributed by atoms with Gasteiger partial charge in [-0.3, -0.25) is 4.98 Å². The van der Waals surface area contributed by atoms with E-state index in [0.717, 1.165) is 43.1 Å². The van der Waals surface area contributed by atoms with E-state index in [2.05, 4.69) is 15.2 Å². The van der Waals surface area contributed by atoms with E-state index in [0.29, 0.717) is 5.92 Å². The molecule has 2 aliphatic rings. The molecule has 1 N–H and O–H groups in total. The molecule has 1 atom stereocenters. The van der Waals surface area contributed by atoms with Crippen molar-refractivity contribution in [2.24, 2.45) is 5.92 Å². The fourth-order valence-corrected chi connectivity index (χ4v) is 3.69. The molecule has 0 radical (unpaired) electrons. The molecule has 2 saturated heterocycles. The van der Waals surface area contributed by atoms with Crippen LogP contribution in [-0.2, 0) is 0 Å². The Morgan fingerprint density at radius 1 is 1.22 bits per heavy atom. The minimum Gasteiger partial charge on any atom is -0.324 e. The standard InChI is InChI=1S/C18H28N4O/c1-14-6-7-17(15(2)19-14)20-18(23)22-11-8-16(13-22)12-21-9-4-3-5-10-21/h6-7,16H,3-5,8-13H2,1-2H3,(H,20,23). The molecule has 23 heavy (non-hydrogen) atoms. The maximum absolute atomic E-state index is 12.5. The lowest BCUT2D eigenvalue weighted by Crippen LogP contribution is -2.37. The molecule has 0 aromatic carbocycles. The number of anilines is 1. The summed E-state index contributed by atoms with van der Waals surface area (Å²) in [5.74, 6) is 0.621. The fourth-order valence-electron chi connectivity index (χ4n) is 3.69. The Hall–Kier alpha value is -1.62. The highest BCUT2D eigenvalue weighted by Crippen LogP contribution is 2.21. The number of likely N-dealkylation sites (tertiary alicyclic amines) is 2. The maximum Gasteiger partial charge on any atom is 0.321 e. The van der Waals surface area contributed by atoms with E-state index in [1.807, 2.05) is 30.9 Å². The Kier molecular flexibility index (Phi) is 5.16. The van der Waals surface area contributed by atoms with Crippen LogP contribution in [0.2, 0.25) is 0 Å². The van der Waals surface area contributed by atoms with Gasteiger partial charge in [0.25, 0.3) is 0 Å². The van der Waals surface area contributed by atoms with Crippen molar-refractivity contribution in [1.82, 2.24) is 14.8 Å². The Bertz CT molecular complexity index is 554. The second-order valence-corrected chi connectivity index (χ2v) is 6.98. The maximum atomic E-state index is 12.5. The van der Waals surface area contributed by atoms with E-state index < -0.39 is 0 Å². The SMILES string of the molecule is Cc1ccc(NC(=O)N2CCC(CN3CCCCC3)C2)c(C)n1. The van der Waals surface area contributed by atoms with Gasteiger partial charge in [-0.2, -0.15) is 0 Å². The van der Waals surface area contributed by atoms with Gasteiger partial charge >= 0.3 is 6.03 Å². The number of aryl methyl sites for hydroxylation is 2. The molecule has 1 aromatic heterocycles. The Morgan fingerprint density at radius 3 is 2.74 bits per heavy atom. The number of carbonyl (C=O) groups is 1. The lowest BCUT2D eigenvalue weighted by Gasteiger charge is -2.29. The molecule has 3 rings (SSSR count). The van der Waals surface area contributed by atoms with Crippen molar-refractivity contribution < 1.29 is 4.79 Å². The summed E-state index contributed by atoms with van der Waals surface area (Å²) in [6.07, 6.45) is 5.15. The van der Waals surface area contributed by atoms with Crippen molar-refractivity contribution >= 4 is 11.7 Å². The highest BCUT2D eigenvalue weighted by Gasteiger charge is 2.28. The Morgan fingerprint density at radius 2 is 2.00 bits per heavy atom. The van der Waals surface area contributed by atoms with Crippen LogP contribution in [0.5, 0.6) is 0 Å². The predicted molar refractivity (Wildman–Crippen MR) is 92.7 cm³/mol. The predicted octanol–water partition coefficient (Wildman–Crippen LogP) is 3.04. The number of pyridine rings is 1. The molecule has 1 aromatic rings. The number of amides is 2. The van der Waals surface area contributed by atoms with Gasteiger partial charge in [0, 0.05) is 25.3 Å². The van der Waals surface area contributed by atoms with Gasteiger partial charge in [-0.1, -0.05) is 6.42 Å². The van der Waals surface area contributed by atoms with E-state index in [9.17, 15) is 4.79 Å². The molecule has 0 saturated carbocycles. The Balaban J connectivity index is 1.50. The number of piperidine rings is 1. The van der Waals surface area contributed by atoms with Gasteiger partial charge in [-0.05, 0) is 64.3 Å². The molecule has 0 spiro atoms. The molecule has 0 aliphatic carbocycles. The second-order valence-electron chi connectivity index (χ2n) is 6.98. The molecule has 5 heteroatoms. The molecule has 1 unspecified atom stereocenters. The summed E-state index contributed by atoms with van der Waals surface area (Å²) in [6, 6.07) is 3.89. The summed E-state index contributed by atoms with van der Waals surface area (Å²) in [7, 11) is 0. The Labute approximate surface area is 139 Å². The molecular weight excluding hydrogens is 288 g/mol. The van der Waals surface area contributed by atoms with Gasteiger partial charge in [-0.25, -0.2) is 4.79 Å². The zero-order valence-corrected chi connectivity index (χ0v) is 14.3. The topological polar surface area (TPSA) is 48.5 Å². The highest BCUT2D eigenvalue weighted by molar-refractivity contribution is 5.90. The summed E-state index contributed by atoms with van der Waals surface area (Å²) >= 11 is 0. The van der Waals surface area contributed by atoms with Gasteiger partial charge in [0.1, 0.15) is 0 Å². The summed E-state index contributed by atoms with van der Waals surface area (Å²) < 4.78 is 0. The van der Waals surface area contributed by atoms with Gasteiger partial charge < -0.3 is 15.1 Å². The average molecular weight is 316 g/mol. The molecular formula is C18H28N4O. The number of urea groups is 1. The molecule has 2 amide bonds. The first-order valence-corrected chi connectivity index (χ1v) is 8.84. The van der Waals surface area contributed by atoms with E-state index in [1.54, 1.807) is 0 Å². The smallest absolute Gasteiger partial charge is 0.321 e. The van der Waals surface area contributed by atoms with E-state index in [-0.39, 0.29) is 6.03 Å². The minimum absolute atomic E-state index is 0.0138. The van der Waals surface area contributed by atoms with Gasteiger partial charge in [0.2, 0.25) is 0 Å². The summed E-state index contributed by atoms with van der Waals surface area (Å²) in [6.45, 7) is 9.25. The van der Waals surface area contributed by atoms with Crippen molar-refractivity contribution in [3.05, 3.63) is 23.5 Å².